The van der Waals surface area contributed by atoms with Crippen LogP contribution in [0.15, 0.2) is 6.07 Å². The number of benzene rings is 1. The molecule has 0 saturated heterocycles. The molecule has 4 heteroatoms. The van der Waals surface area contributed by atoms with Crippen LogP contribution in [0.25, 0.3) is 0 Å². The highest BCUT2D eigenvalue weighted by Gasteiger charge is 2.17. The molecule has 1 aromatic rings. The van der Waals surface area contributed by atoms with Gasteiger partial charge in [0.25, 0.3) is 0 Å². The Bertz CT molecular complexity index is 466. The van der Waals surface area contributed by atoms with Gasteiger partial charge in [0.1, 0.15) is 0 Å². The molecule has 2 N–H and O–H groups in total. The van der Waals surface area contributed by atoms with E-state index >= 15 is 0 Å². The van der Waals surface area contributed by atoms with Crippen molar-refractivity contribution >= 4 is 6.16 Å². The molecule has 112 valence electrons. The number of phenolic OH excluding ortho intramolecular Hbond substituents is 1. The molecule has 0 saturated carbocycles. The molecule has 1 rings (SSSR count). The summed E-state index contributed by atoms with van der Waals surface area (Å²) in [6.07, 6.45) is 4.51. The number of carboxylic acid groups (broad SMARTS) is 1. The number of unbranched alkanes of at least 4 members (excludes halogenated alkanes) is 2. The Kier molecular flexibility index (Phi) is 6.36. The van der Waals surface area contributed by atoms with Crippen LogP contribution < -0.4 is 4.74 Å². The maximum Gasteiger partial charge on any atom is 0.511 e. The zero-order valence-corrected chi connectivity index (χ0v) is 12.5. The first kappa shape index (κ1) is 16.3. The van der Waals surface area contributed by atoms with Gasteiger partial charge in [0.15, 0.2) is 11.5 Å². The monoisotopic (exact) mass is 280 g/mol. The number of hydrogen-bond acceptors (Lipinski definition) is 3. The molecule has 0 fully saturated rings. The molecular formula is C16H24O4. The summed E-state index contributed by atoms with van der Waals surface area (Å²) in [7, 11) is 0. The third kappa shape index (κ3) is 4.15. The van der Waals surface area contributed by atoms with Gasteiger partial charge in [0.05, 0.1) is 0 Å². The number of rotatable bonds is 7. The Morgan fingerprint density at radius 3 is 2.40 bits per heavy atom. The molecule has 0 heterocycles. The van der Waals surface area contributed by atoms with E-state index in [-0.39, 0.29) is 11.5 Å². The third-order valence-electron chi connectivity index (χ3n) is 3.43. The molecule has 0 aliphatic heterocycles. The Hall–Kier alpha value is -1.71. The molecular weight excluding hydrogens is 256 g/mol. The van der Waals surface area contributed by atoms with E-state index in [1.165, 1.54) is 0 Å². The summed E-state index contributed by atoms with van der Waals surface area (Å²) < 4.78 is 4.66. The molecule has 1 aromatic carbocycles. The minimum atomic E-state index is -1.40. The van der Waals surface area contributed by atoms with Crippen LogP contribution in [0.4, 0.5) is 4.79 Å². The van der Waals surface area contributed by atoms with Crippen LogP contribution in [-0.2, 0) is 12.8 Å². The van der Waals surface area contributed by atoms with E-state index in [2.05, 4.69) is 11.7 Å². The van der Waals surface area contributed by atoms with Crippen LogP contribution in [0.1, 0.15) is 56.2 Å². The van der Waals surface area contributed by atoms with E-state index in [4.69, 9.17) is 5.11 Å². The minimum Gasteiger partial charge on any atom is -0.504 e. The predicted octanol–water partition coefficient (Wildman–Crippen LogP) is 4.44. The van der Waals surface area contributed by atoms with Gasteiger partial charge in [0, 0.05) is 5.56 Å². The lowest BCUT2D eigenvalue weighted by Gasteiger charge is -2.16. The van der Waals surface area contributed by atoms with Gasteiger partial charge >= 0.3 is 6.16 Å². The molecule has 0 aliphatic carbocycles. The van der Waals surface area contributed by atoms with Crippen molar-refractivity contribution in [2.24, 2.45) is 0 Å². The number of aromatic hydroxyl groups is 1. The van der Waals surface area contributed by atoms with Crippen molar-refractivity contribution in [2.75, 3.05) is 0 Å². The fourth-order valence-electron chi connectivity index (χ4n) is 2.47. The van der Waals surface area contributed by atoms with Crippen molar-refractivity contribution in [1.82, 2.24) is 0 Å². The van der Waals surface area contributed by atoms with Crippen LogP contribution in [0.5, 0.6) is 11.5 Å². The van der Waals surface area contributed by atoms with Gasteiger partial charge in [-0.05, 0) is 43.4 Å². The minimum absolute atomic E-state index is 0.0219. The van der Waals surface area contributed by atoms with Gasteiger partial charge in [-0.15, -0.1) is 0 Å². The number of ether oxygens (including phenoxy) is 1. The lowest BCUT2D eigenvalue weighted by Crippen LogP contribution is -2.06. The fraction of sp³-hybridized carbons (Fsp3) is 0.562. The zero-order chi connectivity index (χ0) is 15.1. The van der Waals surface area contributed by atoms with Gasteiger partial charge < -0.3 is 14.9 Å². The van der Waals surface area contributed by atoms with Crippen molar-refractivity contribution in [2.45, 2.75) is 59.3 Å². The van der Waals surface area contributed by atoms with Crippen molar-refractivity contribution in [3.8, 4) is 11.5 Å². The van der Waals surface area contributed by atoms with Crippen molar-refractivity contribution in [3.63, 3.8) is 0 Å². The average molecular weight is 280 g/mol. The van der Waals surface area contributed by atoms with Crippen LogP contribution in [-0.4, -0.2) is 16.4 Å². The molecule has 4 nitrogen and oxygen atoms in total. The topological polar surface area (TPSA) is 66.8 Å². The smallest absolute Gasteiger partial charge is 0.504 e. The average Bonchev–Trinajstić information content (AvgIpc) is 2.38. The van der Waals surface area contributed by atoms with Gasteiger partial charge in [0.2, 0.25) is 0 Å². The maximum atomic E-state index is 10.7. The maximum absolute atomic E-state index is 10.7. The summed E-state index contributed by atoms with van der Waals surface area (Å²) in [6.45, 7) is 6.13. The van der Waals surface area contributed by atoms with Crippen LogP contribution in [0.3, 0.4) is 0 Å². The zero-order valence-electron chi connectivity index (χ0n) is 12.5. The first-order chi connectivity index (χ1) is 9.51. The van der Waals surface area contributed by atoms with Crippen LogP contribution >= 0.6 is 0 Å². The van der Waals surface area contributed by atoms with Crippen LogP contribution in [0, 0.1) is 6.92 Å². The van der Waals surface area contributed by atoms with Gasteiger partial charge in [-0.1, -0.05) is 33.1 Å². The summed E-state index contributed by atoms with van der Waals surface area (Å²) in [5.41, 5.74) is 2.95. The summed E-state index contributed by atoms with van der Waals surface area (Å²) in [6, 6.07) is 1.61. The third-order valence-corrected chi connectivity index (χ3v) is 3.43. The van der Waals surface area contributed by atoms with Gasteiger partial charge in [-0.2, -0.15) is 0 Å². The highest BCUT2D eigenvalue weighted by atomic mass is 16.7. The van der Waals surface area contributed by atoms with Gasteiger partial charge in [-0.25, -0.2) is 4.79 Å². The normalized spacial score (nSPS) is 10.6. The molecule has 0 spiro atoms. The summed E-state index contributed by atoms with van der Waals surface area (Å²) in [5.74, 6) is 0.0176. The second-order valence-corrected chi connectivity index (χ2v) is 5.07. The fourth-order valence-corrected chi connectivity index (χ4v) is 2.47. The first-order valence-electron chi connectivity index (χ1n) is 7.26. The molecule has 0 unspecified atom stereocenters. The summed E-state index contributed by atoms with van der Waals surface area (Å²) in [4.78, 5) is 10.7. The Morgan fingerprint density at radius 2 is 1.85 bits per heavy atom. The molecule has 20 heavy (non-hydrogen) atoms. The van der Waals surface area contributed by atoms with Crippen molar-refractivity contribution in [1.29, 1.82) is 0 Å². The number of aryl methyl sites for hydroxylation is 1. The summed E-state index contributed by atoms with van der Waals surface area (Å²) in [5, 5.41) is 19.0. The lowest BCUT2D eigenvalue weighted by atomic mass is 9.93. The van der Waals surface area contributed by atoms with E-state index in [1.54, 1.807) is 6.07 Å². The quantitative estimate of drug-likeness (QED) is 0.440. The Morgan fingerprint density at radius 1 is 1.15 bits per heavy atom. The standard InChI is InChI=1S/C16H24O4/c1-4-6-7-9-12-11(3)10-14(20-16(18)19)15(17)13(12)8-5-2/h10,17H,4-9H2,1-3H3,(H,18,19). The van der Waals surface area contributed by atoms with Gasteiger partial charge in [-0.3, -0.25) is 0 Å². The SMILES string of the molecule is CCCCCc1c(C)cc(OC(=O)O)c(O)c1CCC. The number of phenols is 1. The second-order valence-electron chi connectivity index (χ2n) is 5.07. The molecule has 0 bridgehead atoms. The number of carbonyl (C=O) groups is 1. The molecule has 0 amide bonds. The van der Waals surface area contributed by atoms with Crippen molar-refractivity contribution < 1.29 is 19.7 Å². The Balaban J connectivity index is 3.15. The van der Waals surface area contributed by atoms with Crippen molar-refractivity contribution in [3.05, 3.63) is 22.8 Å². The molecule has 0 aliphatic rings. The van der Waals surface area contributed by atoms with E-state index < -0.39 is 6.16 Å². The van der Waals surface area contributed by atoms with E-state index in [1.807, 2.05) is 13.8 Å². The molecule has 0 aromatic heterocycles. The second kappa shape index (κ2) is 7.78. The Labute approximate surface area is 120 Å². The van der Waals surface area contributed by atoms with E-state index in [0.29, 0.717) is 0 Å². The largest absolute Gasteiger partial charge is 0.511 e. The molecule has 0 atom stereocenters. The van der Waals surface area contributed by atoms with E-state index in [9.17, 15) is 9.90 Å². The predicted molar refractivity (Wildman–Crippen MR) is 78.7 cm³/mol. The highest BCUT2D eigenvalue weighted by Crippen LogP contribution is 2.36. The van der Waals surface area contributed by atoms with Crippen LogP contribution in [0.2, 0.25) is 0 Å². The number of hydrogen-bond donors (Lipinski definition) is 2. The lowest BCUT2D eigenvalue weighted by molar-refractivity contribution is 0.142. The highest BCUT2D eigenvalue weighted by molar-refractivity contribution is 5.65. The molecule has 0 radical (unpaired) electrons. The summed E-state index contributed by atoms with van der Waals surface area (Å²) >= 11 is 0. The van der Waals surface area contributed by atoms with E-state index in [0.717, 1.165) is 55.2 Å². The first-order valence-corrected chi connectivity index (χ1v) is 7.26.